The van der Waals surface area contributed by atoms with E-state index in [4.69, 9.17) is 0 Å². The van der Waals surface area contributed by atoms with Crippen molar-refractivity contribution in [3.63, 3.8) is 0 Å². The molecule has 0 saturated heterocycles. The van der Waals surface area contributed by atoms with Gasteiger partial charge in [0.05, 0.1) is 28.1 Å². The summed E-state index contributed by atoms with van der Waals surface area (Å²) in [5, 5.41) is 29.0. The number of hydrogen-bond acceptors (Lipinski definition) is 6. The normalized spacial score (nSPS) is 44.1. The van der Waals surface area contributed by atoms with Crippen LogP contribution in [0.1, 0.15) is 98.7 Å². The van der Waals surface area contributed by atoms with Crippen LogP contribution in [0.25, 0.3) is 6.08 Å². The van der Waals surface area contributed by atoms with Crippen LogP contribution in [-0.4, -0.2) is 50.2 Å². The number of ketones is 1. The first-order valence-corrected chi connectivity index (χ1v) is 15.5. The van der Waals surface area contributed by atoms with E-state index in [0.717, 1.165) is 87.6 Å². The molecule has 1 aromatic rings. The minimum absolute atomic E-state index is 0.0370. The molecule has 9 aliphatic carbocycles. The molecular formula is C32H41N3O4. The van der Waals surface area contributed by atoms with E-state index >= 15 is 0 Å². The average molecular weight is 532 g/mol. The molecule has 7 heteroatoms. The molecule has 1 heterocycles. The number of aromatic nitrogens is 1. The molecule has 4 unspecified atom stereocenters. The summed E-state index contributed by atoms with van der Waals surface area (Å²) in [6.07, 6.45) is 16.7. The van der Waals surface area contributed by atoms with E-state index in [0.29, 0.717) is 41.1 Å². The number of carbonyl (C=O) groups is 2. The number of nitrogens with zero attached hydrogens (tertiary/aromatic N) is 1. The van der Waals surface area contributed by atoms with Crippen LogP contribution < -0.4 is 10.6 Å². The Kier molecular flexibility index (Phi) is 5.43. The van der Waals surface area contributed by atoms with Crippen LogP contribution in [0.2, 0.25) is 0 Å². The molecule has 8 bridgehead atoms. The Morgan fingerprint density at radius 1 is 0.846 bits per heavy atom. The minimum atomic E-state index is -0.513. The largest absolute Gasteiger partial charge is 0.390 e. The van der Waals surface area contributed by atoms with Gasteiger partial charge < -0.3 is 20.8 Å². The third-order valence-electron chi connectivity index (χ3n) is 11.8. The molecule has 0 radical (unpaired) electrons. The average Bonchev–Trinajstić information content (AvgIpc) is 3.34. The molecule has 0 spiro atoms. The lowest BCUT2D eigenvalue weighted by molar-refractivity contribution is -0.146. The fourth-order valence-corrected chi connectivity index (χ4v) is 10.8. The van der Waals surface area contributed by atoms with Crippen LogP contribution in [0.15, 0.2) is 12.3 Å². The lowest BCUT2D eigenvalue weighted by Crippen LogP contribution is -2.61. The van der Waals surface area contributed by atoms with Gasteiger partial charge >= 0.3 is 0 Å². The number of fused-ring (bicyclic) bond motifs is 1. The first kappa shape index (κ1) is 24.5. The second-order valence-corrected chi connectivity index (χ2v) is 14.6. The van der Waals surface area contributed by atoms with Gasteiger partial charge in [-0.1, -0.05) is 12.2 Å². The van der Waals surface area contributed by atoms with Gasteiger partial charge in [-0.05, 0) is 99.7 Å². The molecular weight excluding hydrogens is 490 g/mol. The predicted molar refractivity (Wildman–Crippen MR) is 147 cm³/mol. The van der Waals surface area contributed by atoms with Crippen molar-refractivity contribution in [2.45, 2.75) is 107 Å². The minimum Gasteiger partial charge on any atom is -0.390 e. The van der Waals surface area contributed by atoms with Crippen LogP contribution >= 0.6 is 0 Å². The highest BCUT2D eigenvalue weighted by Gasteiger charge is 2.56. The van der Waals surface area contributed by atoms with Crippen LogP contribution in [0.5, 0.6) is 0 Å². The number of nitrogens with one attached hydrogen (secondary N) is 2. The van der Waals surface area contributed by atoms with Crippen LogP contribution in [0, 0.1) is 35.5 Å². The molecule has 9 aliphatic rings. The van der Waals surface area contributed by atoms with E-state index in [1.165, 1.54) is 0 Å². The fourth-order valence-electron chi connectivity index (χ4n) is 10.8. The van der Waals surface area contributed by atoms with Gasteiger partial charge in [0.15, 0.2) is 5.78 Å². The molecule has 4 atom stereocenters. The van der Waals surface area contributed by atoms with Gasteiger partial charge in [-0.3, -0.25) is 14.6 Å². The maximum Gasteiger partial charge on any atom is 0.220 e. The van der Waals surface area contributed by atoms with Crippen molar-refractivity contribution in [3.05, 3.63) is 29.1 Å². The molecule has 8 fully saturated rings. The number of carbonyl (C=O) groups excluding carboxylic acids is 2. The first-order chi connectivity index (χ1) is 18.7. The zero-order chi connectivity index (χ0) is 26.5. The number of anilines is 1. The van der Waals surface area contributed by atoms with Crippen LogP contribution in [0.4, 0.5) is 5.69 Å². The molecule has 4 N–H and O–H groups in total. The smallest absolute Gasteiger partial charge is 0.220 e. The van der Waals surface area contributed by atoms with Crippen molar-refractivity contribution in [1.29, 1.82) is 0 Å². The molecule has 7 nitrogen and oxygen atoms in total. The van der Waals surface area contributed by atoms with Crippen molar-refractivity contribution in [3.8, 4) is 0 Å². The van der Waals surface area contributed by atoms with Gasteiger partial charge in [0.1, 0.15) is 0 Å². The van der Waals surface area contributed by atoms with Crippen molar-refractivity contribution >= 4 is 23.5 Å². The van der Waals surface area contributed by atoms with Gasteiger partial charge in [0.25, 0.3) is 0 Å². The highest BCUT2D eigenvalue weighted by Crippen LogP contribution is 2.57. The highest BCUT2D eigenvalue weighted by atomic mass is 16.3. The molecule has 10 rings (SSSR count). The zero-order valence-corrected chi connectivity index (χ0v) is 22.7. The van der Waals surface area contributed by atoms with Crippen molar-refractivity contribution in [2.75, 3.05) is 5.32 Å². The van der Waals surface area contributed by atoms with Gasteiger partial charge in [0.2, 0.25) is 5.91 Å². The van der Waals surface area contributed by atoms with Crippen LogP contribution in [0.3, 0.4) is 0 Å². The second-order valence-electron chi connectivity index (χ2n) is 14.6. The summed E-state index contributed by atoms with van der Waals surface area (Å²) in [5.41, 5.74) is 2.49. The van der Waals surface area contributed by atoms with Gasteiger partial charge in [0, 0.05) is 43.1 Å². The topological polar surface area (TPSA) is 112 Å². The Hall–Kier alpha value is -2.25. The molecule has 1 aromatic heterocycles. The summed E-state index contributed by atoms with van der Waals surface area (Å²) < 4.78 is 0. The molecule has 0 aliphatic heterocycles. The second kappa shape index (κ2) is 8.62. The standard InChI is InChI=1S/C32H41N3O4/c36-26(4-5-27(37)34-28-19-6-17-7-20(28)13-31(38,10-17)12-19)24-16-33-25-3-1-2-23(25)30(24)35-29-21-8-18-9-22(29)15-32(39,11-18)14-21/h1-2,16-22,28-29,38-39H,3-15H2,(H,33,35)(H,34,37). The van der Waals surface area contributed by atoms with E-state index in [9.17, 15) is 19.8 Å². The number of aliphatic hydroxyl groups is 2. The number of allylic oxidation sites excluding steroid dienone is 1. The highest BCUT2D eigenvalue weighted by molar-refractivity contribution is 6.04. The van der Waals surface area contributed by atoms with Crippen molar-refractivity contribution in [1.82, 2.24) is 10.3 Å². The lowest BCUT2D eigenvalue weighted by atomic mass is 9.52. The van der Waals surface area contributed by atoms with Crippen LogP contribution in [-0.2, 0) is 11.2 Å². The summed E-state index contributed by atoms with van der Waals surface area (Å²) in [6, 6.07) is 0.407. The Bertz CT molecular complexity index is 1230. The van der Waals surface area contributed by atoms with Gasteiger partial charge in [-0.15, -0.1) is 0 Å². The Morgan fingerprint density at radius 2 is 1.44 bits per heavy atom. The summed E-state index contributed by atoms with van der Waals surface area (Å²) in [5.74, 6) is 2.74. The maximum absolute atomic E-state index is 13.6. The third kappa shape index (κ3) is 4.09. The van der Waals surface area contributed by atoms with Crippen molar-refractivity contribution in [2.24, 2.45) is 35.5 Å². The molecule has 1 amide bonds. The Labute approximate surface area is 230 Å². The summed E-state index contributed by atoms with van der Waals surface area (Å²) in [4.78, 5) is 31.3. The number of hydrogen-bond donors (Lipinski definition) is 4. The Morgan fingerprint density at radius 3 is 2.03 bits per heavy atom. The summed E-state index contributed by atoms with van der Waals surface area (Å²) >= 11 is 0. The third-order valence-corrected chi connectivity index (χ3v) is 11.8. The van der Waals surface area contributed by atoms with E-state index in [-0.39, 0.29) is 36.6 Å². The predicted octanol–water partition coefficient (Wildman–Crippen LogP) is 4.02. The number of rotatable bonds is 7. The van der Waals surface area contributed by atoms with E-state index in [1.54, 1.807) is 6.20 Å². The number of Topliss-reactive ketones (excluding diaryl/α,β-unsaturated/α-hetero) is 1. The molecule has 39 heavy (non-hydrogen) atoms. The van der Waals surface area contributed by atoms with Gasteiger partial charge in [-0.25, -0.2) is 0 Å². The maximum atomic E-state index is 13.6. The fraction of sp³-hybridized carbons (Fsp3) is 0.719. The molecule has 8 saturated carbocycles. The zero-order valence-electron chi connectivity index (χ0n) is 22.7. The van der Waals surface area contributed by atoms with E-state index in [1.807, 2.05) is 0 Å². The van der Waals surface area contributed by atoms with E-state index in [2.05, 4.69) is 27.8 Å². The number of amides is 1. The lowest BCUT2D eigenvalue weighted by Gasteiger charge is -2.58. The van der Waals surface area contributed by atoms with Crippen molar-refractivity contribution < 1.29 is 19.8 Å². The SMILES string of the molecule is O=C(CCC(=O)c1cnc2c(c1NC1C3CC4CC1CC(O)(C4)C3)C=CC2)NC1C2CC3CC1CC(O)(C3)C2. The summed E-state index contributed by atoms with van der Waals surface area (Å²) in [6.45, 7) is 0. The monoisotopic (exact) mass is 531 g/mol. The molecule has 208 valence electrons. The van der Waals surface area contributed by atoms with Gasteiger partial charge in [-0.2, -0.15) is 0 Å². The Balaban J connectivity index is 0.966. The summed E-state index contributed by atoms with van der Waals surface area (Å²) in [7, 11) is 0. The number of pyridine rings is 1. The quantitative estimate of drug-likeness (QED) is 0.396. The first-order valence-electron chi connectivity index (χ1n) is 15.5. The molecule has 0 aromatic carbocycles. The van der Waals surface area contributed by atoms with E-state index < -0.39 is 11.2 Å².